The van der Waals surface area contributed by atoms with Crippen molar-refractivity contribution in [2.24, 2.45) is 0 Å². The van der Waals surface area contributed by atoms with E-state index < -0.39 is 6.09 Å². The van der Waals surface area contributed by atoms with Crippen LogP contribution in [0.15, 0.2) is 66.9 Å². The molecule has 5 heteroatoms. The number of ether oxygens (including phenoxy) is 1. The van der Waals surface area contributed by atoms with Crippen LogP contribution in [0, 0.1) is 0 Å². The average molecular weight is 377 g/mol. The Morgan fingerprint density at radius 1 is 1.11 bits per heavy atom. The number of amides is 1. The van der Waals surface area contributed by atoms with Gasteiger partial charge in [0.2, 0.25) is 0 Å². The zero-order chi connectivity index (χ0) is 19.8. The Labute approximate surface area is 166 Å². The number of aromatic nitrogens is 2. The highest BCUT2D eigenvalue weighted by atomic mass is 16.5. The molecular weight excluding hydrogens is 350 g/mol. The summed E-state index contributed by atoms with van der Waals surface area (Å²) < 4.78 is 7.49. The highest BCUT2D eigenvalue weighted by Gasteiger charge is 2.17. The van der Waals surface area contributed by atoms with Crippen LogP contribution in [0.5, 0.6) is 0 Å². The van der Waals surface area contributed by atoms with Gasteiger partial charge in [0.15, 0.2) is 0 Å². The highest BCUT2D eigenvalue weighted by Crippen LogP contribution is 2.22. The Bertz CT molecular complexity index is 875. The Hall–Kier alpha value is -3.08. The first-order valence-corrected chi connectivity index (χ1v) is 9.77. The van der Waals surface area contributed by atoms with Gasteiger partial charge in [0.25, 0.3) is 0 Å². The molecular formula is C23H27N3O2. The van der Waals surface area contributed by atoms with E-state index in [1.165, 1.54) is 0 Å². The van der Waals surface area contributed by atoms with E-state index in [1.54, 1.807) is 0 Å². The van der Waals surface area contributed by atoms with Crippen molar-refractivity contribution < 1.29 is 9.53 Å². The second-order valence-corrected chi connectivity index (χ2v) is 6.83. The van der Waals surface area contributed by atoms with Crippen LogP contribution in [0.1, 0.15) is 44.0 Å². The van der Waals surface area contributed by atoms with Crippen LogP contribution in [0.25, 0.3) is 11.4 Å². The molecule has 0 aliphatic carbocycles. The molecule has 0 unspecified atom stereocenters. The van der Waals surface area contributed by atoms with Crippen molar-refractivity contribution in [3.8, 4) is 11.4 Å². The van der Waals surface area contributed by atoms with Crippen molar-refractivity contribution in [2.45, 2.75) is 45.9 Å². The summed E-state index contributed by atoms with van der Waals surface area (Å²) in [6, 6.07) is 19.5. The second-order valence-electron chi connectivity index (χ2n) is 6.83. The van der Waals surface area contributed by atoms with Gasteiger partial charge < -0.3 is 14.6 Å². The molecule has 0 spiro atoms. The number of nitrogens with one attached hydrogen (secondary N) is 1. The van der Waals surface area contributed by atoms with Crippen LogP contribution in [0.4, 0.5) is 4.79 Å². The molecule has 5 nitrogen and oxygen atoms in total. The first-order chi connectivity index (χ1) is 13.7. The van der Waals surface area contributed by atoms with E-state index in [2.05, 4.69) is 28.9 Å². The van der Waals surface area contributed by atoms with Gasteiger partial charge in [0.05, 0.1) is 11.7 Å². The number of imidazole rings is 1. The summed E-state index contributed by atoms with van der Waals surface area (Å²) in [5.41, 5.74) is 2.86. The molecule has 0 aliphatic rings. The maximum atomic E-state index is 12.2. The number of benzene rings is 2. The normalized spacial score (nSPS) is 11.8. The number of carbonyl (C=O) groups is 1. The van der Waals surface area contributed by atoms with E-state index in [1.807, 2.05) is 61.7 Å². The van der Waals surface area contributed by atoms with E-state index in [9.17, 15) is 4.79 Å². The molecule has 2 aromatic carbocycles. The second kappa shape index (κ2) is 9.74. The molecule has 3 aromatic rings. The Morgan fingerprint density at radius 3 is 2.46 bits per heavy atom. The maximum Gasteiger partial charge on any atom is 0.407 e. The zero-order valence-electron chi connectivity index (χ0n) is 16.5. The molecule has 3 rings (SSSR count). The van der Waals surface area contributed by atoms with E-state index in [-0.39, 0.29) is 12.6 Å². The average Bonchev–Trinajstić information content (AvgIpc) is 3.16. The third-order valence-corrected chi connectivity index (χ3v) is 4.57. The SMILES string of the molecule is CCCCn1cc([C@H](C)NC(=O)OCc2ccccc2)nc1-c1ccccc1. The number of rotatable bonds is 8. The van der Waals surface area contributed by atoms with Crippen molar-refractivity contribution >= 4 is 6.09 Å². The number of aryl methyl sites for hydroxylation is 1. The van der Waals surface area contributed by atoms with Crippen LogP contribution in [-0.4, -0.2) is 15.6 Å². The predicted octanol–water partition coefficient (Wildman–Crippen LogP) is 5.34. The number of carbonyl (C=O) groups excluding carboxylic acids is 1. The molecule has 1 atom stereocenters. The van der Waals surface area contributed by atoms with Gasteiger partial charge >= 0.3 is 6.09 Å². The lowest BCUT2D eigenvalue weighted by molar-refractivity contribution is 0.136. The topological polar surface area (TPSA) is 56.2 Å². The molecule has 0 saturated carbocycles. The predicted molar refractivity (Wildman–Crippen MR) is 111 cm³/mol. The minimum Gasteiger partial charge on any atom is -0.445 e. The molecule has 1 N–H and O–H groups in total. The smallest absolute Gasteiger partial charge is 0.407 e. The first kappa shape index (κ1) is 19.7. The van der Waals surface area contributed by atoms with E-state index in [0.717, 1.165) is 42.0 Å². The summed E-state index contributed by atoms with van der Waals surface area (Å²) in [6.45, 7) is 5.25. The lowest BCUT2D eigenvalue weighted by atomic mass is 10.2. The van der Waals surface area contributed by atoms with Crippen LogP contribution in [0.2, 0.25) is 0 Å². The van der Waals surface area contributed by atoms with Crippen LogP contribution >= 0.6 is 0 Å². The summed E-state index contributed by atoms with van der Waals surface area (Å²) in [5.74, 6) is 0.926. The van der Waals surface area contributed by atoms with Gasteiger partial charge in [-0.05, 0) is 18.9 Å². The fourth-order valence-corrected chi connectivity index (χ4v) is 2.98. The van der Waals surface area contributed by atoms with Gasteiger partial charge in [-0.3, -0.25) is 0 Å². The van der Waals surface area contributed by atoms with Crippen molar-refractivity contribution in [3.63, 3.8) is 0 Å². The van der Waals surface area contributed by atoms with E-state index >= 15 is 0 Å². The molecule has 1 amide bonds. The molecule has 1 heterocycles. The van der Waals surface area contributed by atoms with Gasteiger partial charge in [-0.2, -0.15) is 0 Å². The maximum absolute atomic E-state index is 12.2. The summed E-state index contributed by atoms with van der Waals surface area (Å²) in [7, 11) is 0. The lowest BCUT2D eigenvalue weighted by Gasteiger charge is -2.12. The molecule has 1 aromatic heterocycles. The standard InChI is InChI=1S/C23H27N3O2/c1-3-4-15-26-16-21(25-22(26)20-13-9-6-10-14-20)18(2)24-23(27)28-17-19-11-7-5-8-12-19/h5-14,16,18H,3-4,15,17H2,1-2H3,(H,24,27)/t18-/m0/s1. The molecule has 146 valence electrons. The monoisotopic (exact) mass is 377 g/mol. The number of alkyl carbamates (subject to hydrolysis) is 1. The van der Waals surface area contributed by atoms with Gasteiger partial charge in [0.1, 0.15) is 12.4 Å². The summed E-state index contributed by atoms with van der Waals surface area (Å²) in [6.07, 6.45) is 3.78. The van der Waals surface area contributed by atoms with E-state index in [4.69, 9.17) is 9.72 Å². The third kappa shape index (κ3) is 5.22. The highest BCUT2D eigenvalue weighted by molar-refractivity contribution is 5.68. The lowest BCUT2D eigenvalue weighted by Crippen LogP contribution is -2.27. The quantitative estimate of drug-likeness (QED) is 0.577. The van der Waals surface area contributed by atoms with Gasteiger partial charge in [0, 0.05) is 18.3 Å². The molecule has 0 radical (unpaired) electrons. The summed E-state index contributed by atoms with van der Waals surface area (Å²) in [4.78, 5) is 17.0. The minimum atomic E-state index is -0.444. The van der Waals surface area contributed by atoms with Crippen molar-refractivity contribution in [2.75, 3.05) is 0 Å². The third-order valence-electron chi connectivity index (χ3n) is 4.57. The summed E-state index contributed by atoms with van der Waals surface area (Å²) in [5, 5.41) is 2.88. The van der Waals surface area contributed by atoms with Crippen LogP contribution in [-0.2, 0) is 17.9 Å². The van der Waals surface area contributed by atoms with Gasteiger partial charge in [-0.15, -0.1) is 0 Å². The largest absolute Gasteiger partial charge is 0.445 e. The van der Waals surface area contributed by atoms with Gasteiger partial charge in [-0.25, -0.2) is 9.78 Å². The summed E-state index contributed by atoms with van der Waals surface area (Å²) >= 11 is 0. The van der Waals surface area contributed by atoms with Gasteiger partial charge in [-0.1, -0.05) is 74.0 Å². The number of unbranched alkanes of at least 4 members (excludes halogenated alkanes) is 1. The minimum absolute atomic E-state index is 0.242. The fraction of sp³-hybridized carbons (Fsp3) is 0.304. The zero-order valence-corrected chi connectivity index (χ0v) is 16.5. The van der Waals surface area contributed by atoms with Crippen LogP contribution in [0.3, 0.4) is 0 Å². The fourth-order valence-electron chi connectivity index (χ4n) is 2.98. The molecule has 0 saturated heterocycles. The molecule has 0 bridgehead atoms. The number of hydrogen-bond donors (Lipinski definition) is 1. The Morgan fingerprint density at radius 2 is 1.79 bits per heavy atom. The number of nitrogens with zero attached hydrogens (tertiary/aromatic N) is 2. The number of hydrogen-bond acceptors (Lipinski definition) is 3. The Kier molecular flexibility index (Phi) is 6.84. The van der Waals surface area contributed by atoms with Crippen molar-refractivity contribution in [1.82, 2.24) is 14.9 Å². The Balaban J connectivity index is 1.67. The first-order valence-electron chi connectivity index (χ1n) is 9.77. The molecule has 28 heavy (non-hydrogen) atoms. The van der Waals surface area contributed by atoms with Crippen LogP contribution < -0.4 is 5.32 Å². The molecule has 0 aliphatic heterocycles. The van der Waals surface area contributed by atoms with Crippen molar-refractivity contribution in [1.29, 1.82) is 0 Å². The molecule has 0 fully saturated rings. The van der Waals surface area contributed by atoms with Crippen molar-refractivity contribution in [3.05, 3.63) is 78.1 Å². The van der Waals surface area contributed by atoms with E-state index in [0.29, 0.717) is 0 Å².